The Morgan fingerprint density at radius 2 is 2.03 bits per heavy atom. The molecule has 4 rings (SSSR count). The van der Waals surface area contributed by atoms with Gasteiger partial charge in [-0.15, -0.1) is 0 Å². The number of ether oxygens (including phenoxy) is 1. The highest BCUT2D eigenvalue weighted by molar-refractivity contribution is 5.78. The molecule has 2 heterocycles. The van der Waals surface area contributed by atoms with Crippen LogP contribution in [0.1, 0.15) is 23.4 Å². The average molecular weight is 393 g/mol. The highest BCUT2D eigenvalue weighted by Gasteiger charge is 2.23. The SMILES string of the molecule is Cc1ccccc1N1CCC(CNC(=O)COCc2nc3c(C)cccc3[nH]2)C1. The summed E-state index contributed by atoms with van der Waals surface area (Å²) in [5.41, 5.74) is 5.67. The molecule has 1 unspecified atom stereocenters. The third-order valence-corrected chi connectivity index (χ3v) is 5.57. The molecule has 1 amide bonds. The molecule has 0 spiro atoms. The second kappa shape index (κ2) is 8.66. The molecular weight excluding hydrogens is 364 g/mol. The highest BCUT2D eigenvalue weighted by atomic mass is 16.5. The van der Waals surface area contributed by atoms with Crippen LogP contribution in [0, 0.1) is 19.8 Å². The van der Waals surface area contributed by atoms with Crippen LogP contribution in [0.25, 0.3) is 11.0 Å². The van der Waals surface area contributed by atoms with Crippen molar-refractivity contribution in [2.45, 2.75) is 26.9 Å². The molecule has 1 aliphatic heterocycles. The molecule has 0 radical (unpaired) electrons. The number of carbonyl (C=O) groups is 1. The Bertz CT molecular complexity index is 997. The molecule has 1 fully saturated rings. The largest absolute Gasteiger partial charge is 0.371 e. The van der Waals surface area contributed by atoms with Gasteiger partial charge in [-0.05, 0) is 49.4 Å². The summed E-state index contributed by atoms with van der Waals surface area (Å²) >= 11 is 0. The molecule has 152 valence electrons. The Hall–Kier alpha value is -2.86. The number of nitrogens with one attached hydrogen (secondary N) is 2. The van der Waals surface area contributed by atoms with Gasteiger partial charge in [0.25, 0.3) is 0 Å². The summed E-state index contributed by atoms with van der Waals surface area (Å²) in [6, 6.07) is 14.5. The second-order valence-electron chi connectivity index (χ2n) is 7.84. The van der Waals surface area contributed by atoms with Crippen molar-refractivity contribution in [1.29, 1.82) is 0 Å². The minimum Gasteiger partial charge on any atom is -0.371 e. The minimum atomic E-state index is -0.0772. The van der Waals surface area contributed by atoms with Crippen LogP contribution in [0.4, 0.5) is 5.69 Å². The number of nitrogens with zero attached hydrogens (tertiary/aromatic N) is 2. The van der Waals surface area contributed by atoms with Crippen molar-refractivity contribution in [3.63, 3.8) is 0 Å². The van der Waals surface area contributed by atoms with Gasteiger partial charge in [0.1, 0.15) is 19.0 Å². The summed E-state index contributed by atoms with van der Waals surface area (Å²) in [5, 5.41) is 3.01. The number of rotatable bonds is 7. The standard InChI is InChI=1S/C23H28N4O2/c1-16-6-3-4-9-20(16)27-11-10-18(13-27)12-24-22(28)15-29-14-21-25-19-8-5-7-17(2)23(19)26-21/h3-9,18H,10-15H2,1-2H3,(H,24,28)(H,25,26). The van der Waals surface area contributed by atoms with Crippen LogP contribution in [0.2, 0.25) is 0 Å². The molecule has 0 bridgehead atoms. The van der Waals surface area contributed by atoms with Crippen LogP contribution in [0.3, 0.4) is 0 Å². The molecule has 0 aliphatic carbocycles. The van der Waals surface area contributed by atoms with Crippen molar-refractivity contribution in [3.05, 3.63) is 59.4 Å². The van der Waals surface area contributed by atoms with E-state index in [0.717, 1.165) is 41.9 Å². The smallest absolute Gasteiger partial charge is 0.246 e. The number of anilines is 1. The minimum absolute atomic E-state index is 0.0459. The van der Waals surface area contributed by atoms with Crippen molar-refractivity contribution < 1.29 is 9.53 Å². The molecule has 1 aromatic heterocycles. The van der Waals surface area contributed by atoms with Crippen LogP contribution in [0.5, 0.6) is 0 Å². The molecule has 2 N–H and O–H groups in total. The molecule has 2 aromatic carbocycles. The lowest BCUT2D eigenvalue weighted by molar-refractivity contribution is -0.126. The van der Waals surface area contributed by atoms with E-state index in [0.29, 0.717) is 19.1 Å². The van der Waals surface area contributed by atoms with E-state index in [-0.39, 0.29) is 12.5 Å². The fourth-order valence-corrected chi connectivity index (χ4v) is 3.98. The van der Waals surface area contributed by atoms with E-state index in [9.17, 15) is 4.79 Å². The molecular formula is C23H28N4O2. The number of hydrogen-bond donors (Lipinski definition) is 2. The van der Waals surface area contributed by atoms with Gasteiger partial charge in [-0.1, -0.05) is 30.3 Å². The lowest BCUT2D eigenvalue weighted by Crippen LogP contribution is -2.33. The maximum absolute atomic E-state index is 12.1. The number of aryl methyl sites for hydroxylation is 2. The first-order valence-electron chi connectivity index (χ1n) is 10.2. The number of aromatic nitrogens is 2. The zero-order chi connectivity index (χ0) is 20.2. The monoisotopic (exact) mass is 392 g/mol. The summed E-state index contributed by atoms with van der Waals surface area (Å²) < 4.78 is 5.56. The number of aromatic amines is 1. The zero-order valence-corrected chi connectivity index (χ0v) is 17.1. The Morgan fingerprint density at radius 1 is 1.21 bits per heavy atom. The molecule has 3 aromatic rings. The lowest BCUT2D eigenvalue weighted by Gasteiger charge is -2.21. The van der Waals surface area contributed by atoms with E-state index in [4.69, 9.17) is 4.74 Å². The zero-order valence-electron chi connectivity index (χ0n) is 17.1. The first-order chi connectivity index (χ1) is 14.1. The average Bonchev–Trinajstić information content (AvgIpc) is 3.34. The summed E-state index contributed by atoms with van der Waals surface area (Å²) in [7, 11) is 0. The van der Waals surface area contributed by atoms with E-state index in [1.165, 1.54) is 11.3 Å². The van der Waals surface area contributed by atoms with Gasteiger partial charge < -0.3 is 19.9 Å². The van der Waals surface area contributed by atoms with Crippen LogP contribution < -0.4 is 10.2 Å². The van der Waals surface area contributed by atoms with Crippen LogP contribution in [-0.4, -0.2) is 42.1 Å². The molecule has 1 aliphatic rings. The molecule has 6 heteroatoms. The highest BCUT2D eigenvalue weighted by Crippen LogP contribution is 2.26. The van der Waals surface area contributed by atoms with Crippen molar-refractivity contribution in [2.24, 2.45) is 5.92 Å². The summed E-state index contributed by atoms with van der Waals surface area (Å²) in [6.45, 7) is 7.22. The van der Waals surface area contributed by atoms with Crippen molar-refractivity contribution in [1.82, 2.24) is 15.3 Å². The number of para-hydroxylation sites is 2. The normalized spacial score (nSPS) is 16.5. The fraction of sp³-hybridized carbons (Fsp3) is 0.391. The predicted octanol–water partition coefficient (Wildman–Crippen LogP) is 3.34. The maximum Gasteiger partial charge on any atom is 0.246 e. The lowest BCUT2D eigenvalue weighted by atomic mass is 10.1. The van der Waals surface area contributed by atoms with Crippen LogP contribution in [0.15, 0.2) is 42.5 Å². The Balaban J connectivity index is 1.19. The number of fused-ring (bicyclic) bond motifs is 1. The van der Waals surface area contributed by atoms with Gasteiger partial charge in [-0.2, -0.15) is 0 Å². The Kier molecular flexibility index (Phi) is 5.81. The van der Waals surface area contributed by atoms with Crippen molar-refractivity contribution >= 4 is 22.6 Å². The molecule has 1 atom stereocenters. The topological polar surface area (TPSA) is 70.2 Å². The van der Waals surface area contributed by atoms with Gasteiger partial charge in [0.05, 0.1) is 11.0 Å². The third kappa shape index (κ3) is 4.59. The van der Waals surface area contributed by atoms with Gasteiger partial charge in [0.15, 0.2) is 0 Å². The first-order valence-corrected chi connectivity index (χ1v) is 10.2. The third-order valence-electron chi connectivity index (χ3n) is 5.57. The second-order valence-corrected chi connectivity index (χ2v) is 7.84. The first kappa shape index (κ1) is 19.5. The number of amides is 1. The van der Waals surface area contributed by atoms with E-state index >= 15 is 0 Å². The number of imidazole rings is 1. The maximum atomic E-state index is 12.1. The van der Waals surface area contributed by atoms with Gasteiger partial charge in [0.2, 0.25) is 5.91 Å². The van der Waals surface area contributed by atoms with E-state index < -0.39 is 0 Å². The molecule has 1 saturated heterocycles. The Labute approximate surface area is 171 Å². The number of hydrogen-bond acceptors (Lipinski definition) is 4. The van der Waals surface area contributed by atoms with E-state index in [1.807, 2.05) is 25.1 Å². The number of benzene rings is 2. The van der Waals surface area contributed by atoms with E-state index in [2.05, 4.69) is 51.4 Å². The fourth-order valence-electron chi connectivity index (χ4n) is 3.98. The quantitative estimate of drug-likeness (QED) is 0.647. The number of H-pyrrole nitrogens is 1. The summed E-state index contributed by atoms with van der Waals surface area (Å²) in [4.78, 5) is 22.3. The van der Waals surface area contributed by atoms with Gasteiger partial charge >= 0.3 is 0 Å². The predicted molar refractivity (Wildman–Crippen MR) is 115 cm³/mol. The van der Waals surface area contributed by atoms with Gasteiger partial charge in [-0.3, -0.25) is 4.79 Å². The molecule has 6 nitrogen and oxygen atoms in total. The van der Waals surface area contributed by atoms with Crippen molar-refractivity contribution in [2.75, 3.05) is 31.1 Å². The summed E-state index contributed by atoms with van der Waals surface area (Å²) in [6.07, 6.45) is 1.09. The molecule has 29 heavy (non-hydrogen) atoms. The van der Waals surface area contributed by atoms with Crippen LogP contribution in [-0.2, 0) is 16.1 Å². The van der Waals surface area contributed by atoms with E-state index in [1.54, 1.807) is 0 Å². The van der Waals surface area contributed by atoms with Crippen molar-refractivity contribution in [3.8, 4) is 0 Å². The molecule has 0 saturated carbocycles. The van der Waals surface area contributed by atoms with Crippen LogP contribution >= 0.6 is 0 Å². The van der Waals surface area contributed by atoms with Gasteiger partial charge in [0, 0.05) is 25.3 Å². The number of carbonyl (C=O) groups excluding carboxylic acids is 1. The van der Waals surface area contributed by atoms with Gasteiger partial charge in [-0.25, -0.2) is 4.98 Å². The summed E-state index contributed by atoms with van der Waals surface area (Å²) in [5.74, 6) is 1.13. The Morgan fingerprint density at radius 3 is 2.86 bits per heavy atom.